The molecular weight excluding hydrogens is 245 g/mol. The van der Waals surface area contributed by atoms with Crippen LogP contribution in [0, 0.1) is 0 Å². The molecule has 14 heavy (non-hydrogen) atoms. The van der Waals surface area contributed by atoms with Gasteiger partial charge in [0.2, 0.25) is 0 Å². The van der Waals surface area contributed by atoms with Crippen LogP contribution < -0.4 is 5.73 Å². The molecule has 2 N–H and O–H groups in total. The third kappa shape index (κ3) is 1.48. The Hall–Kier alpha value is -0.410. The topological polar surface area (TPSA) is 26.0 Å². The normalized spacial score (nSPS) is 25.9. The first kappa shape index (κ1) is 10.1. The Kier molecular flexibility index (Phi) is 2.62. The molecule has 0 saturated heterocycles. The summed E-state index contributed by atoms with van der Waals surface area (Å²) < 4.78 is 15.3. The Bertz CT molecular complexity index is 353. The van der Waals surface area contributed by atoms with Gasteiger partial charge in [0, 0.05) is 11.0 Å². The Morgan fingerprint density at radius 3 is 3.00 bits per heavy atom. The Morgan fingerprint density at radius 1 is 1.50 bits per heavy atom. The van der Waals surface area contributed by atoms with Gasteiger partial charge in [-0.1, -0.05) is 28.1 Å². The highest BCUT2D eigenvalue weighted by atomic mass is 79.9. The molecule has 0 bridgehead atoms. The van der Waals surface area contributed by atoms with E-state index in [-0.39, 0.29) is 6.54 Å². The van der Waals surface area contributed by atoms with Crippen molar-refractivity contribution in [2.75, 3.05) is 6.54 Å². The van der Waals surface area contributed by atoms with Gasteiger partial charge in [-0.15, -0.1) is 0 Å². The highest BCUT2D eigenvalue weighted by Gasteiger charge is 2.35. The summed E-state index contributed by atoms with van der Waals surface area (Å²) in [5, 5.41) is 0. The number of alkyl halides is 1. The van der Waals surface area contributed by atoms with Crippen molar-refractivity contribution in [1.82, 2.24) is 0 Å². The van der Waals surface area contributed by atoms with E-state index in [9.17, 15) is 4.39 Å². The minimum atomic E-state index is -1.31. The zero-order valence-corrected chi connectivity index (χ0v) is 9.48. The molecule has 76 valence electrons. The lowest BCUT2D eigenvalue weighted by Gasteiger charge is -2.31. The summed E-state index contributed by atoms with van der Waals surface area (Å²) in [6.07, 6.45) is 2.37. The van der Waals surface area contributed by atoms with Crippen molar-refractivity contribution in [3.05, 3.63) is 33.8 Å². The van der Waals surface area contributed by atoms with Crippen molar-refractivity contribution in [2.24, 2.45) is 5.73 Å². The largest absolute Gasteiger partial charge is 0.327 e. The number of hydrogen-bond acceptors (Lipinski definition) is 1. The third-order valence-corrected chi connectivity index (χ3v) is 3.67. The monoisotopic (exact) mass is 257 g/mol. The van der Waals surface area contributed by atoms with Crippen LogP contribution in [0.25, 0.3) is 0 Å². The summed E-state index contributed by atoms with van der Waals surface area (Å²) in [5.41, 5.74) is 6.07. The van der Waals surface area contributed by atoms with Gasteiger partial charge in [-0.2, -0.15) is 0 Å². The number of hydrogen-bond donors (Lipinski definition) is 1. The summed E-state index contributed by atoms with van der Waals surface area (Å²) in [4.78, 5) is 0. The first-order chi connectivity index (χ1) is 6.67. The molecule has 0 aromatic heterocycles. The van der Waals surface area contributed by atoms with E-state index < -0.39 is 5.67 Å². The highest BCUT2D eigenvalue weighted by molar-refractivity contribution is 9.10. The van der Waals surface area contributed by atoms with E-state index in [1.165, 1.54) is 0 Å². The maximum atomic E-state index is 14.3. The molecule has 1 aliphatic rings. The molecule has 0 heterocycles. The number of benzene rings is 1. The summed E-state index contributed by atoms with van der Waals surface area (Å²) >= 11 is 3.46. The van der Waals surface area contributed by atoms with Crippen molar-refractivity contribution in [3.63, 3.8) is 0 Å². The molecule has 1 aromatic rings. The van der Waals surface area contributed by atoms with Crippen LogP contribution in [-0.2, 0) is 12.1 Å². The Balaban J connectivity index is 2.55. The lowest BCUT2D eigenvalue weighted by Crippen LogP contribution is -2.34. The van der Waals surface area contributed by atoms with E-state index in [4.69, 9.17) is 5.73 Å². The fraction of sp³-hybridized carbons (Fsp3) is 0.455. The molecule has 0 amide bonds. The summed E-state index contributed by atoms with van der Waals surface area (Å²) in [6.45, 7) is 0.0798. The van der Waals surface area contributed by atoms with Gasteiger partial charge in [0.15, 0.2) is 0 Å². The SMILES string of the molecule is NCC1(F)CCCc2c(Br)cccc21. The van der Waals surface area contributed by atoms with Crippen LogP contribution in [-0.4, -0.2) is 6.54 Å². The highest BCUT2D eigenvalue weighted by Crippen LogP contribution is 2.40. The van der Waals surface area contributed by atoms with Gasteiger partial charge in [0.05, 0.1) is 0 Å². The van der Waals surface area contributed by atoms with Crippen molar-refractivity contribution < 1.29 is 4.39 Å². The Labute approximate surface area is 91.6 Å². The molecule has 0 saturated carbocycles. The van der Waals surface area contributed by atoms with E-state index >= 15 is 0 Å². The van der Waals surface area contributed by atoms with E-state index in [0.717, 1.165) is 28.4 Å². The minimum absolute atomic E-state index is 0.0798. The molecule has 1 aromatic carbocycles. The third-order valence-electron chi connectivity index (χ3n) is 2.92. The minimum Gasteiger partial charge on any atom is -0.327 e. The van der Waals surface area contributed by atoms with Crippen LogP contribution in [0.5, 0.6) is 0 Å². The van der Waals surface area contributed by atoms with Gasteiger partial charge in [0.1, 0.15) is 5.67 Å². The average Bonchev–Trinajstić information content (AvgIpc) is 2.20. The molecule has 0 aliphatic heterocycles. The van der Waals surface area contributed by atoms with Gasteiger partial charge < -0.3 is 5.73 Å². The van der Waals surface area contributed by atoms with E-state index in [0.29, 0.717) is 6.42 Å². The van der Waals surface area contributed by atoms with Gasteiger partial charge in [-0.3, -0.25) is 0 Å². The number of fused-ring (bicyclic) bond motifs is 1. The number of halogens is 2. The van der Waals surface area contributed by atoms with Crippen LogP contribution in [0.15, 0.2) is 22.7 Å². The van der Waals surface area contributed by atoms with E-state index in [2.05, 4.69) is 15.9 Å². The Morgan fingerprint density at radius 2 is 2.29 bits per heavy atom. The van der Waals surface area contributed by atoms with Crippen LogP contribution in [0.4, 0.5) is 4.39 Å². The quantitative estimate of drug-likeness (QED) is 0.823. The first-order valence-corrected chi connectivity index (χ1v) is 5.63. The van der Waals surface area contributed by atoms with Crippen LogP contribution >= 0.6 is 15.9 Å². The lowest BCUT2D eigenvalue weighted by molar-refractivity contribution is 0.146. The van der Waals surface area contributed by atoms with Crippen molar-refractivity contribution >= 4 is 15.9 Å². The fourth-order valence-corrected chi connectivity index (χ4v) is 2.69. The summed E-state index contributed by atoms with van der Waals surface area (Å²) in [6, 6.07) is 5.69. The lowest BCUT2D eigenvalue weighted by atomic mass is 9.80. The second-order valence-corrected chi connectivity index (χ2v) is 4.64. The van der Waals surface area contributed by atoms with E-state index in [1.807, 2.05) is 18.2 Å². The van der Waals surface area contributed by atoms with Crippen LogP contribution in [0.3, 0.4) is 0 Å². The van der Waals surface area contributed by atoms with Crippen LogP contribution in [0.2, 0.25) is 0 Å². The van der Waals surface area contributed by atoms with Crippen molar-refractivity contribution in [2.45, 2.75) is 24.9 Å². The van der Waals surface area contributed by atoms with Gasteiger partial charge in [-0.25, -0.2) is 4.39 Å². The second-order valence-electron chi connectivity index (χ2n) is 3.79. The molecule has 1 atom stereocenters. The van der Waals surface area contributed by atoms with Crippen molar-refractivity contribution in [1.29, 1.82) is 0 Å². The molecule has 1 nitrogen and oxygen atoms in total. The molecule has 1 unspecified atom stereocenters. The first-order valence-electron chi connectivity index (χ1n) is 4.84. The molecule has 0 radical (unpaired) electrons. The van der Waals surface area contributed by atoms with Gasteiger partial charge in [-0.05, 0) is 36.5 Å². The summed E-state index contributed by atoms with van der Waals surface area (Å²) in [7, 11) is 0. The molecule has 3 heteroatoms. The number of rotatable bonds is 1. The molecular formula is C11H13BrFN. The van der Waals surface area contributed by atoms with E-state index in [1.54, 1.807) is 0 Å². The maximum Gasteiger partial charge on any atom is 0.148 e. The number of nitrogens with two attached hydrogens (primary N) is 1. The second kappa shape index (κ2) is 3.63. The fourth-order valence-electron chi connectivity index (χ4n) is 2.12. The zero-order chi connectivity index (χ0) is 10.2. The molecule has 2 rings (SSSR count). The van der Waals surface area contributed by atoms with Crippen molar-refractivity contribution in [3.8, 4) is 0 Å². The average molecular weight is 258 g/mol. The van der Waals surface area contributed by atoms with Gasteiger partial charge in [0.25, 0.3) is 0 Å². The molecule has 1 aliphatic carbocycles. The predicted octanol–water partition coefficient (Wildman–Crippen LogP) is 2.91. The smallest absolute Gasteiger partial charge is 0.148 e. The maximum absolute atomic E-state index is 14.3. The molecule has 0 spiro atoms. The van der Waals surface area contributed by atoms with Crippen LogP contribution in [0.1, 0.15) is 24.0 Å². The molecule has 0 fully saturated rings. The zero-order valence-electron chi connectivity index (χ0n) is 7.89. The predicted molar refractivity (Wildman–Crippen MR) is 58.9 cm³/mol. The standard InChI is InChI=1S/C11H13BrFN/c12-10-5-1-4-9-8(10)3-2-6-11(9,13)7-14/h1,4-5H,2-3,6-7,14H2. The summed E-state index contributed by atoms with van der Waals surface area (Å²) in [5.74, 6) is 0. The van der Waals surface area contributed by atoms with Gasteiger partial charge >= 0.3 is 0 Å².